The van der Waals surface area contributed by atoms with E-state index >= 15 is 0 Å². The smallest absolute Gasteiger partial charge is 0.333 e. The monoisotopic (exact) mass is 715 g/mol. The van der Waals surface area contributed by atoms with Crippen molar-refractivity contribution in [3.8, 4) is 0 Å². The van der Waals surface area contributed by atoms with Crippen molar-refractivity contribution in [1.82, 2.24) is 16.0 Å². The standard InChI is InChI=1S/C42H74N4O5/c1-28(2)14-11-15-31(39(49)50-8)37-33-26-35(48)38-40(5)18-17-34(46-25-13-24-45-22-10-9-21-44-23-12-20-43)29(3)32(40)16-19-41(38,6)42(33,7)27-36(37)51-30(4)47/h14,29,32-36,38,44-46,48H,9-13,15-27,43H2,1-8H3/b37-31-/t29-,32?,33+,34-,35+,36-,38+,40-,41-,42-/m0/s1. The van der Waals surface area contributed by atoms with Crippen LogP contribution in [0.15, 0.2) is 22.8 Å². The van der Waals surface area contributed by atoms with Crippen LogP contribution in [-0.2, 0) is 19.1 Å². The van der Waals surface area contributed by atoms with Crippen molar-refractivity contribution in [2.24, 2.45) is 45.7 Å². The molecular weight excluding hydrogens is 640 g/mol. The van der Waals surface area contributed by atoms with Gasteiger partial charge in [-0.3, -0.25) is 4.79 Å². The van der Waals surface area contributed by atoms with Crippen LogP contribution in [0.5, 0.6) is 0 Å². The van der Waals surface area contributed by atoms with Gasteiger partial charge in [0.25, 0.3) is 0 Å². The number of carbonyl (C=O) groups excluding carboxylic acids is 2. The second-order valence-electron chi connectivity index (χ2n) is 17.5. The molecule has 9 heteroatoms. The highest BCUT2D eigenvalue weighted by Gasteiger charge is 2.70. The molecule has 1 unspecified atom stereocenters. The zero-order valence-corrected chi connectivity index (χ0v) is 33.5. The van der Waals surface area contributed by atoms with Gasteiger partial charge in [0.2, 0.25) is 0 Å². The first-order chi connectivity index (χ1) is 24.2. The third-order valence-corrected chi connectivity index (χ3v) is 14.2. The number of ether oxygens (including phenoxy) is 2. The molecule has 6 N–H and O–H groups in total. The van der Waals surface area contributed by atoms with Crippen molar-refractivity contribution in [1.29, 1.82) is 0 Å². The Morgan fingerprint density at radius 2 is 1.61 bits per heavy atom. The molecule has 9 nitrogen and oxygen atoms in total. The SMILES string of the molecule is COC(=O)/C(CCC=C(C)C)=C1\[C@@H](OC(C)=O)C[C@@]2(C)[C@@H]1C[C@@H](O)[C@@H]1[C@@]3(C)CC[C@H](NCCCNCCCCNCCCN)[C@@H](C)C3CC[C@@]12C. The Kier molecular flexibility index (Phi) is 15.2. The number of aliphatic hydroxyl groups excluding tert-OH is 1. The number of unbranched alkanes of at least 4 members (excludes halogenated alkanes) is 1. The van der Waals surface area contributed by atoms with Crippen LogP contribution in [-0.4, -0.2) is 81.7 Å². The van der Waals surface area contributed by atoms with E-state index in [4.69, 9.17) is 15.2 Å². The quantitative estimate of drug-likeness (QED) is 0.0498. The Bertz CT molecular complexity index is 1230. The number of carbonyl (C=O) groups is 2. The fourth-order valence-electron chi connectivity index (χ4n) is 11.7. The van der Waals surface area contributed by atoms with E-state index in [-0.39, 0.29) is 40.0 Å². The molecule has 0 aromatic rings. The number of esters is 2. The van der Waals surface area contributed by atoms with Gasteiger partial charge in [-0.2, -0.15) is 0 Å². The maximum atomic E-state index is 13.4. The summed E-state index contributed by atoms with van der Waals surface area (Å²) in [6.07, 6.45) is 12.6. The van der Waals surface area contributed by atoms with Crippen LogP contribution in [0.1, 0.15) is 126 Å². The lowest BCUT2D eigenvalue weighted by atomic mass is 9.36. The molecule has 0 bridgehead atoms. The molecule has 0 heterocycles. The van der Waals surface area contributed by atoms with Crippen molar-refractivity contribution in [3.05, 3.63) is 22.8 Å². The van der Waals surface area contributed by atoms with Gasteiger partial charge in [-0.05, 0) is 176 Å². The summed E-state index contributed by atoms with van der Waals surface area (Å²) in [5.41, 5.74) is 7.89. The molecular formula is C42H74N4O5. The summed E-state index contributed by atoms with van der Waals surface area (Å²) in [6.45, 7) is 21.3. The molecule has 0 radical (unpaired) electrons. The summed E-state index contributed by atoms with van der Waals surface area (Å²) >= 11 is 0. The van der Waals surface area contributed by atoms with Crippen LogP contribution in [0.25, 0.3) is 0 Å². The lowest BCUT2D eigenvalue weighted by Crippen LogP contribution is -2.66. The summed E-state index contributed by atoms with van der Waals surface area (Å²) < 4.78 is 11.4. The molecule has 4 aliphatic carbocycles. The molecule has 51 heavy (non-hydrogen) atoms. The predicted molar refractivity (Wildman–Crippen MR) is 206 cm³/mol. The minimum Gasteiger partial charge on any atom is -0.466 e. The summed E-state index contributed by atoms with van der Waals surface area (Å²) in [5, 5.41) is 23.4. The van der Waals surface area contributed by atoms with Gasteiger partial charge in [0, 0.05) is 18.5 Å². The highest BCUT2D eigenvalue weighted by Crippen LogP contribution is 2.74. The second kappa shape index (κ2) is 18.5. The zero-order chi connectivity index (χ0) is 37.4. The maximum Gasteiger partial charge on any atom is 0.333 e. The van der Waals surface area contributed by atoms with Gasteiger partial charge in [-0.1, -0.05) is 39.3 Å². The summed E-state index contributed by atoms with van der Waals surface area (Å²) in [6, 6.07) is 0.494. The van der Waals surface area contributed by atoms with Gasteiger partial charge in [-0.15, -0.1) is 0 Å². The number of methoxy groups -OCH3 is 1. The summed E-state index contributed by atoms with van der Waals surface area (Å²) in [4.78, 5) is 25.9. The van der Waals surface area contributed by atoms with E-state index < -0.39 is 12.2 Å². The number of aliphatic hydroxyl groups is 1. The zero-order valence-electron chi connectivity index (χ0n) is 33.5. The Hall–Kier alpha value is -1.78. The Morgan fingerprint density at radius 3 is 2.24 bits per heavy atom. The first kappa shape index (κ1) is 42.0. The molecule has 4 fully saturated rings. The summed E-state index contributed by atoms with van der Waals surface area (Å²) in [7, 11) is 1.44. The van der Waals surface area contributed by atoms with Crippen LogP contribution in [0.4, 0.5) is 0 Å². The van der Waals surface area contributed by atoms with E-state index in [1.165, 1.54) is 32.4 Å². The van der Waals surface area contributed by atoms with Gasteiger partial charge in [0.1, 0.15) is 6.10 Å². The van der Waals surface area contributed by atoms with Gasteiger partial charge >= 0.3 is 11.9 Å². The maximum absolute atomic E-state index is 13.4. The fraction of sp³-hybridized carbons (Fsp3) is 0.857. The number of hydrogen-bond acceptors (Lipinski definition) is 9. The minimum absolute atomic E-state index is 0.0107. The van der Waals surface area contributed by atoms with Crippen LogP contribution in [0.2, 0.25) is 0 Å². The first-order valence-electron chi connectivity index (χ1n) is 20.4. The third-order valence-electron chi connectivity index (χ3n) is 14.2. The molecule has 292 valence electrons. The van der Waals surface area contributed by atoms with Crippen molar-refractivity contribution in [2.45, 2.75) is 144 Å². The van der Waals surface area contributed by atoms with Gasteiger partial charge in [-0.25, -0.2) is 4.79 Å². The average molecular weight is 715 g/mol. The average Bonchev–Trinajstić information content (AvgIpc) is 3.34. The second-order valence-corrected chi connectivity index (χ2v) is 17.5. The van der Waals surface area contributed by atoms with Crippen LogP contribution < -0.4 is 21.7 Å². The molecule has 0 aliphatic heterocycles. The molecule has 4 aliphatic rings. The number of nitrogens with one attached hydrogen (secondary N) is 3. The lowest BCUT2D eigenvalue weighted by Gasteiger charge is -2.69. The van der Waals surface area contributed by atoms with Crippen molar-refractivity contribution in [3.63, 3.8) is 0 Å². The van der Waals surface area contributed by atoms with Crippen LogP contribution in [0.3, 0.4) is 0 Å². The van der Waals surface area contributed by atoms with Gasteiger partial charge < -0.3 is 36.3 Å². The molecule has 10 atom stereocenters. The molecule has 4 saturated carbocycles. The van der Waals surface area contributed by atoms with E-state index in [1.807, 2.05) is 0 Å². The van der Waals surface area contributed by atoms with E-state index in [0.29, 0.717) is 49.1 Å². The first-order valence-corrected chi connectivity index (χ1v) is 20.4. The van der Waals surface area contributed by atoms with Crippen LogP contribution in [0, 0.1) is 39.9 Å². The van der Waals surface area contributed by atoms with E-state index in [1.54, 1.807) is 0 Å². The fourth-order valence-corrected chi connectivity index (χ4v) is 11.7. The Morgan fingerprint density at radius 1 is 0.941 bits per heavy atom. The third kappa shape index (κ3) is 9.13. The van der Waals surface area contributed by atoms with Crippen LogP contribution >= 0.6 is 0 Å². The van der Waals surface area contributed by atoms with Crippen molar-refractivity contribution in [2.75, 3.05) is 46.4 Å². The molecule has 0 saturated heterocycles. The van der Waals surface area contributed by atoms with Gasteiger partial charge in [0.05, 0.1) is 13.2 Å². The topological polar surface area (TPSA) is 135 Å². The van der Waals surface area contributed by atoms with E-state index in [0.717, 1.165) is 83.4 Å². The molecule has 0 aromatic carbocycles. The van der Waals surface area contributed by atoms with Gasteiger partial charge in [0.15, 0.2) is 0 Å². The number of fused-ring (bicyclic) bond motifs is 5. The Balaban J connectivity index is 1.45. The Labute approximate surface area is 310 Å². The number of allylic oxidation sites excluding steroid dienone is 2. The highest BCUT2D eigenvalue weighted by molar-refractivity contribution is 5.90. The van der Waals surface area contributed by atoms with E-state index in [9.17, 15) is 14.7 Å². The summed E-state index contributed by atoms with van der Waals surface area (Å²) in [5.74, 6) is 0.467. The number of nitrogens with two attached hydrogens (primary N) is 1. The molecule has 0 spiro atoms. The van der Waals surface area contributed by atoms with Crippen molar-refractivity contribution >= 4 is 11.9 Å². The largest absolute Gasteiger partial charge is 0.466 e. The highest BCUT2D eigenvalue weighted by atomic mass is 16.5. The lowest BCUT2D eigenvalue weighted by molar-refractivity contribution is -0.227. The normalized spacial score (nSPS) is 36.8. The number of rotatable bonds is 18. The van der Waals surface area contributed by atoms with E-state index in [2.05, 4.69) is 63.6 Å². The molecule has 0 amide bonds. The van der Waals surface area contributed by atoms with Crippen molar-refractivity contribution < 1.29 is 24.2 Å². The predicted octanol–water partition coefficient (Wildman–Crippen LogP) is 6.05. The number of hydrogen-bond donors (Lipinski definition) is 5. The minimum atomic E-state index is -0.492. The molecule has 4 rings (SSSR count). The molecule has 0 aromatic heterocycles.